The van der Waals surface area contributed by atoms with E-state index in [0.717, 1.165) is 24.2 Å². The molecular weight excluding hydrogens is 380 g/mol. The van der Waals surface area contributed by atoms with E-state index in [2.05, 4.69) is 10.5 Å². The molecule has 1 saturated heterocycles. The zero-order valence-electron chi connectivity index (χ0n) is 17.6. The number of aryl methyl sites for hydroxylation is 1. The summed E-state index contributed by atoms with van der Waals surface area (Å²) in [6, 6.07) is 9.30. The number of benzene rings is 1. The summed E-state index contributed by atoms with van der Waals surface area (Å²) in [5, 5.41) is 6.97. The fraction of sp³-hybridized carbons (Fsp3) is 0.522. The number of carbonyl (C=O) groups excluding carboxylic acids is 2. The highest BCUT2D eigenvalue weighted by Crippen LogP contribution is 2.40. The molecule has 1 aliphatic carbocycles. The number of carbonyl (C=O) groups is 2. The van der Waals surface area contributed by atoms with E-state index in [1.807, 2.05) is 43.0 Å². The lowest BCUT2D eigenvalue weighted by molar-refractivity contribution is -0.134. The Bertz CT molecular complexity index is 903. The summed E-state index contributed by atoms with van der Waals surface area (Å²) >= 11 is 0. The third-order valence-electron chi connectivity index (χ3n) is 6.17. The number of aromatic nitrogens is 1. The average molecular weight is 411 g/mol. The second-order valence-electron chi connectivity index (χ2n) is 8.82. The van der Waals surface area contributed by atoms with E-state index in [1.54, 1.807) is 6.07 Å². The molecule has 7 nitrogen and oxygen atoms in total. The predicted molar refractivity (Wildman–Crippen MR) is 113 cm³/mol. The number of piperidine rings is 1. The lowest BCUT2D eigenvalue weighted by atomic mass is 9.92. The molecule has 3 atom stereocenters. The molecule has 3 N–H and O–H groups in total. The predicted octanol–water partition coefficient (Wildman–Crippen LogP) is 2.40. The third kappa shape index (κ3) is 4.73. The van der Waals surface area contributed by atoms with E-state index in [1.165, 1.54) is 5.56 Å². The highest BCUT2D eigenvalue weighted by molar-refractivity contribution is 5.92. The maximum absolute atomic E-state index is 12.8. The van der Waals surface area contributed by atoms with Crippen molar-refractivity contribution in [1.82, 2.24) is 15.4 Å². The van der Waals surface area contributed by atoms with Crippen LogP contribution in [0.25, 0.3) is 0 Å². The first-order valence-electron chi connectivity index (χ1n) is 10.8. The molecule has 2 fully saturated rings. The number of nitrogens with one attached hydrogen (secondary N) is 1. The van der Waals surface area contributed by atoms with Crippen molar-refractivity contribution in [3.8, 4) is 0 Å². The van der Waals surface area contributed by atoms with Crippen LogP contribution < -0.4 is 11.1 Å². The molecule has 30 heavy (non-hydrogen) atoms. The van der Waals surface area contributed by atoms with Crippen LogP contribution in [0.3, 0.4) is 0 Å². The molecular formula is C23H30N4O3. The standard InChI is InChI=1S/C23H30N4O3/c1-14-3-5-16(6-4-14)11-18(24)23(29)27-10-9-19(15(2)13-27)25-22(28)20-12-21(30-26-20)17-7-8-17/h3-6,12,15,17-19H,7-11,13,24H2,1-2H3,(H,25,28)/t15-,18-,19?/m1/s1. The zero-order valence-corrected chi connectivity index (χ0v) is 17.6. The van der Waals surface area contributed by atoms with Gasteiger partial charge >= 0.3 is 0 Å². The minimum Gasteiger partial charge on any atom is -0.360 e. The van der Waals surface area contributed by atoms with Crippen LogP contribution in [0.4, 0.5) is 0 Å². The Hall–Kier alpha value is -2.67. The maximum Gasteiger partial charge on any atom is 0.273 e. The third-order valence-corrected chi connectivity index (χ3v) is 6.17. The summed E-state index contributed by atoms with van der Waals surface area (Å²) in [6.45, 7) is 5.25. The van der Waals surface area contributed by atoms with Gasteiger partial charge in [0.2, 0.25) is 5.91 Å². The molecule has 4 rings (SSSR count). The van der Waals surface area contributed by atoms with Crippen LogP contribution in [0.15, 0.2) is 34.9 Å². The SMILES string of the molecule is Cc1ccc(C[C@@H](N)C(=O)N2CCC(NC(=O)c3cc(C4CC4)on3)[C@H](C)C2)cc1. The van der Waals surface area contributed by atoms with Gasteiger partial charge in [-0.3, -0.25) is 9.59 Å². The first-order chi connectivity index (χ1) is 14.4. The van der Waals surface area contributed by atoms with Crippen molar-refractivity contribution < 1.29 is 14.1 Å². The molecule has 2 heterocycles. The molecule has 1 aromatic heterocycles. The molecule has 7 heteroatoms. The largest absolute Gasteiger partial charge is 0.360 e. The summed E-state index contributed by atoms with van der Waals surface area (Å²) in [5.41, 5.74) is 8.79. The molecule has 1 aliphatic heterocycles. The lowest BCUT2D eigenvalue weighted by Crippen LogP contribution is -2.55. The van der Waals surface area contributed by atoms with Crippen molar-refractivity contribution >= 4 is 11.8 Å². The normalized spacial score (nSPS) is 22.6. The number of nitrogens with two attached hydrogens (primary N) is 1. The molecule has 0 bridgehead atoms. The topological polar surface area (TPSA) is 101 Å². The Morgan fingerprint density at radius 1 is 1.27 bits per heavy atom. The molecule has 2 amide bonds. The molecule has 160 valence electrons. The van der Waals surface area contributed by atoms with E-state index in [-0.39, 0.29) is 23.8 Å². The van der Waals surface area contributed by atoms with Gasteiger partial charge in [-0.05, 0) is 44.1 Å². The van der Waals surface area contributed by atoms with Gasteiger partial charge in [0.25, 0.3) is 5.91 Å². The lowest BCUT2D eigenvalue weighted by Gasteiger charge is -2.38. The number of hydrogen-bond donors (Lipinski definition) is 2. The van der Waals surface area contributed by atoms with Gasteiger partial charge < -0.3 is 20.5 Å². The molecule has 1 aromatic carbocycles. The fourth-order valence-corrected chi connectivity index (χ4v) is 4.06. The first-order valence-corrected chi connectivity index (χ1v) is 10.8. The Morgan fingerprint density at radius 2 is 2.00 bits per heavy atom. The van der Waals surface area contributed by atoms with Gasteiger partial charge in [0.1, 0.15) is 5.76 Å². The number of amides is 2. The summed E-state index contributed by atoms with van der Waals surface area (Å²) in [5.74, 6) is 1.12. The van der Waals surface area contributed by atoms with Crippen molar-refractivity contribution in [1.29, 1.82) is 0 Å². The van der Waals surface area contributed by atoms with Crippen molar-refractivity contribution in [3.63, 3.8) is 0 Å². The summed E-state index contributed by atoms with van der Waals surface area (Å²) < 4.78 is 5.28. The highest BCUT2D eigenvalue weighted by atomic mass is 16.5. The van der Waals surface area contributed by atoms with Crippen molar-refractivity contribution in [2.24, 2.45) is 11.7 Å². The summed E-state index contributed by atoms with van der Waals surface area (Å²) in [4.78, 5) is 27.2. The Labute approximate surface area is 177 Å². The molecule has 0 spiro atoms. The molecule has 0 radical (unpaired) electrons. The fourth-order valence-electron chi connectivity index (χ4n) is 4.06. The highest BCUT2D eigenvalue weighted by Gasteiger charge is 2.33. The van der Waals surface area contributed by atoms with Gasteiger partial charge in [-0.2, -0.15) is 0 Å². The summed E-state index contributed by atoms with van der Waals surface area (Å²) in [6.07, 6.45) is 3.43. The van der Waals surface area contributed by atoms with Crippen LogP contribution in [0, 0.1) is 12.8 Å². The van der Waals surface area contributed by atoms with E-state index in [4.69, 9.17) is 10.3 Å². The van der Waals surface area contributed by atoms with Crippen LogP contribution in [-0.4, -0.2) is 47.0 Å². The van der Waals surface area contributed by atoms with E-state index < -0.39 is 6.04 Å². The Balaban J connectivity index is 1.28. The van der Waals surface area contributed by atoms with E-state index >= 15 is 0 Å². The molecule has 1 saturated carbocycles. The molecule has 2 aromatic rings. The summed E-state index contributed by atoms with van der Waals surface area (Å²) in [7, 11) is 0. The van der Waals surface area contributed by atoms with Crippen LogP contribution >= 0.6 is 0 Å². The van der Waals surface area contributed by atoms with Gasteiger partial charge in [-0.25, -0.2) is 0 Å². The quantitative estimate of drug-likeness (QED) is 0.761. The zero-order chi connectivity index (χ0) is 21.3. The monoisotopic (exact) mass is 410 g/mol. The number of rotatable bonds is 6. The van der Waals surface area contributed by atoms with Crippen LogP contribution in [0.1, 0.15) is 59.5 Å². The molecule has 2 aliphatic rings. The van der Waals surface area contributed by atoms with Gasteiger partial charge in [0, 0.05) is 31.1 Å². The van der Waals surface area contributed by atoms with Crippen molar-refractivity contribution in [2.75, 3.05) is 13.1 Å². The van der Waals surface area contributed by atoms with Crippen LogP contribution in [0.2, 0.25) is 0 Å². The maximum atomic E-state index is 12.8. The number of likely N-dealkylation sites (tertiary alicyclic amines) is 1. The van der Waals surface area contributed by atoms with Gasteiger partial charge in [-0.1, -0.05) is 41.9 Å². The van der Waals surface area contributed by atoms with Crippen molar-refractivity contribution in [3.05, 3.63) is 52.9 Å². The smallest absolute Gasteiger partial charge is 0.273 e. The van der Waals surface area contributed by atoms with Gasteiger partial charge in [-0.15, -0.1) is 0 Å². The van der Waals surface area contributed by atoms with E-state index in [9.17, 15) is 9.59 Å². The minimum atomic E-state index is -0.554. The first kappa shape index (κ1) is 20.6. The molecule has 1 unspecified atom stereocenters. The Morgan fingerprint density at radius 3 is 2.67 bits per heavy atom. The minimum absolute atomic E-state index is 0.00375. The van der Waals surface area contributed by atoms with Crippen LogP contribution in [-0.2, 0) is 11.2 Å². The van der Waals surface area contributed by atoms with Gasteiger partial charge in [0.15, 0.2) is 5.69 Å². The van der Waals surface area contributed by atoms with E-state index in [0.29, 0.717) is 37.5 Å². The second kappa shape index (κ2) is 8.60. The average Bonchev–Trinajstić information content (AvgIpc) is 3.47. The second-order valence-corrected chi connectivity index (χ2v) is 8.82. The number of hydrogen-bond acceptors (Lipinski definition) is 5. The number of nitrogens with zero attached hydrogens (tertiary/aromatic N) is 2. The van der Waals surface area contributed by atoms with Crippen molar-refractivity contribution in [2.45, 2.75) is 57.5 Å². The van der Waals surface area contributed by atoms with Crippen LogP contribution in [0.5, 0.6) is 0 Å². The van der Waals surface area contributed by atoms with Gasteiger partial charge in [0.05, 0.1) is 6.04 Å². The Kier molecular flexibility index (Phi) is 5.90.